The molecule has 1 aromatic carbocycles. The van der Waals surface area contributed by atoms with Crippen LogP contribution >= 0.6 is 0 Å². The van der Waals surface area contributed by atoms with Crippen LogP contribution in [0.15, 0.2) is 24.3 Å². The maximum Gasteiger partial charge on any atom is 0.220 e. The van der Waals surface area contributed by atoms with E-state index in [4.69, 9.17) is 0 Å². The Morgan fingerprint density at radius 3 is 2.77 bits per heavy atom. The van der Waals surface area contributed by atoms with Crippen molar-refractivity contribution in [2.75, 3.05) is 6.54 Å². The Labute approximate surface area is 130 Å². The van der Waals surface area contributed by atoms with E-state index in [1.165, 1.54) is 25.0 Å². The quantitative estimate of drug-likeness (QED) is 0.778. The summed E-state index contributed by atoms with van der Waals surface area (Å²) in [5.41, 5.74) is 0.486. The maximum atomic E-state index is 13.1. The monoisotopic (exact) mass is 306 g/mol. The van der Waals surface area contributed by atoms with Gasteiger partial charge < -0.3 is 15.7 Å². The highest BCUT2D eigenvalue weighted by Gasteiger charge is 2.34. The molecule has 0 aromatic heterocycles. The van der Waals surface area contributed by atoms with Crippen LogP contribution in [0.25, 0.3) is 0 Å². The largest absolute Gasteiger partial charge is 0.387 e. The number of aliphatic hydroxyl groups excluding tert-OH is 1. The highest BCUT2D eigenvalue weighted by atomic mass is 19.1. The number of amides is 1. The average Bonchev–Trinajstić information content (AvgIpc) is 2.83. The first-order chi connectivity index (χ1) is 10.6. The summed E-state index contributed by atoms with van der Waals surface area (Å²) < 4.78 is 13.1. The number of halogens is 1. The second-order valence-electron chi connectivity index (χ2n) is 6.55. The van der Waals surface area contributed by atoms with Crippen molar-refractivity contribution in [1.82, 2.24) is 10.6 Å². The lowest BCUT2D eigenvalue weighted by Gasteiger charge is -2.28. The van der Waals surface area contributed by atoms with E-state index in [-0.39, 0.29) is 18.3 Å². The molecule has 2 saturated heterocycles. The van der Waals surface area contributed by atoms with Crippen LogP contribution in [0, 0.1) is 11.7 Å². The molecule has 3 atom stereocenters. The molecular formula is C17H23FN2O2. The van der Waals surface area contributed by atoms with E-state index in [0.29, 0.717) is 30.0 Å². The van der Waals surface area contributed by atoms with Crippen LogP contribution in [-0.2, 0) is 4.79 Å². The molecule has 2 bridgehead atoms. The average molecular weight is 306 g/mol. The topological polar surface area (TPSA) is 61.4 Å². The molecule has 1 amide bonds. The predicted octanol–water partition coefficient (Wildman–Crippen LogP) is 1.90. The standard InChI is InChI=1S/C17H23FN2O2/c18-13-3-1-2-12(9-13)16(21)10-19-17(22)8-11-6-14-4-5-15(7-11)20-14/h1-3,9,11,14-16,20-21H,4-8,10H2,(H,19,22). The van der Waals surface area contributed by atoms with E-state index < -0.39 is 6.10 Å². The molecule has 0 aliphatic carbocycles. The fourth-order valence-electron chi connectivity index (χ4n) is 3.72. The van der Waals surface area contributed by atoms with Gasteiger partial charge in [-0.1, -0.05) is 12.1 Å². The number of aliphatic hydroxyl groups is 1. The van der Waals surface area contributed by atoms with E-state index in [1.54, 1.807) is 12.1 Å². The molecule has 2 fully saturated rings. The third kappa shape index (κ3) is 3.84. The molecule has 120 valence electrons. The minimum atomic E-state index is -0.871. The Morgan fingerprint density at radius 2 is 2.09 bits per heavy atom. The fraction of sp³-hybridized carbons (Fsp3) is 0.588. The Hall–Kier alpha value is -1.46. The number of hydrogen-bond donors (Lipinski definition) is 3. The van der Waals surface area contributed by atoms with Gasteiger partial charge in [0.15, 0.2) is 0 Å². The molecule has 22 heavy (non-hydrogen) atoms. The second-order valence-corrected chi connectivity index (χ2v) is 6.55. The fourth-order valence-corrected chi connectivity index (χ4v) is 3.72. The van der Waals surface area contributed by atoms with Gasteiger partial charge in [0.05, 0.1) is 6.10 Å². The normalized spacial score (nSPS) is 28.4. The van der Waals surface area contributed by atoms with Crippen LogP contribution < -0.4 is 10.6 Å². The smallest absolute Gasteiger partial charge is 0.220 e. The molecule has 2 heterocycles. The molecule has 0 saturated carbocycles. The first kappa shape index (κ1) is 15.4. The molecule has 2 aliphatic rings. The van der Waals surface area contributed by atoms with Crippen molar-refractivity contribution in [3.8, 4) is 0 Å². The van der Waals surface area contributed by atoms with E-state index in [1.807, 2.05) is 0 Å². The van der Waals surface area contributed by atoms with Crippen molar-refractivity contribution in [2.24, 2.45) is 5.92 Å². The van der Waals surface area contributed by atoms with Crippen molar-refractivity contribution in [1.29, 1.82) is 0 Å². The lowest BCUT2D eigenvalue weighted by Crippen LogP contribution is -2.40. The van der Waals surface area contributed by atoms with Crippen LogP contribution in [0.3, 0.4) is 0 Å². The van der Waals surface area contributed by atoms with E-state index in [0.717, 1.165) is 12.8 Å². The van der Waals surface area contributed by atoms with Gasteiger partial charge >= 0.3 is 0 Å². The Bertz CT molecular complexity index is 525. The van der Waals surface area contributed by atoms with E-state index >= 15 is 0 Å². The predicted molar refractivity (Wildman–Crippen MR) is 81.7 cm³/mol. The van der Waals surface area contributed by atoms with Crippen LogP contribution in [0.5, 0.6) is 0 Å². The van der Waals surface area contributed by atoms with Gasteiger partial charge in [-0.15, -0.1) is 0 Å². The zero-order valence-corrected chi connectivity index (χ0v) is 12.6. The second kappa shape index (κ2) is 6.75. The van der Waals surface area contributed by atoms with Crippen LogP contribution in [0.1, 0.15) is 43.8 Å². The summed E-state index contributed by atoms with van der Waals surface area (Å²) >= 11 is 0. The van der Waals surface area contributed by atoms with Crippen molar-refractivity contribution in [3.63, 3.8) is 0 Å². The summed E-state index contributed by atoms with van der Waals surface area (Å²) in [5.74, 6) is 0.0277. The molecule has 3 N–H and O–H groups in total. The van der Waals surface area contributed by atoms with Crippen molar-refractivity contribution >= 4 is 5.91 Å². The zero-order chi connectivity index (χ0) is 15.5. The Balaban J connectivity index is 1.44. The molecule has 0 radical (unpaired) electrons. The lowest BCUT2D eigenvalue weighted by molar-refractivity contribution is -0.122. The maximum absolute atomic E-state index is 13.1. The van der Waals surface area contributed by atoms with Gasteiger partial charge in [-0.3, -0.25) is 4.79 Å². The molecule has 1 aromatic rings. The molecule has 4 nitrogen and oxygen atoms in total. The summed E-state index contributed by atoms with van der Waals surface area (Å²) in [4.78, 5) is 12.0. The molecular weight excluding hydrogens is 283 g/mol. The number of carbonyl (C=O) groups is 1. The first-order valence-electron chi connectivity index (χ1n) is 8.06. The minimum absolute atomic E-state index is 0.0262. The number of rotatable bonds is 5. The van der Waals surface area contributed by atoms with Gasteiger partial charge in [0, 0.05) is 25.0 Å². The summed E-state index contributed by atoms with van der Waals surface area (Å²) in [7, 11) is 0. The number of fused-ring (bicyclic) bond motifs is 2. The summed E-state index contributed by atoms with van der Waals surface area (Å²) in [6.45, 7) is 0.125. The van der Waals surface area contributed by atoms with Crippen LogP contribution in [0.4, 0.5) is 4.39 Å². The molecule has 3 rings (SSSR count). The molecule has 2 aliphatic heterocycles. The summed E-state index contributed by atoms with van der Waals surface area (Å²) in [6, 6.07) is 7.00. The summed E-state index contributed by atoms with van der Waals surface area (Å²) in [6.07, 6.45) is 4.23. The van der Waals surface area contributed by atoms with Gasteiger partial charge in [0.25, 0.3) is 0 Å². The van der Waals surface area contributed by atoms with Crippen LogP contribution in [-0.4, -0.2) is 29.6 Å². The Kier molecular flexibility index (Phi) is 4.74. The highest BCUT2D eigenvalue weighted by molar-refractivity contribution is 5.76. The number of benzene rings is 1. The van der Waals surface area contributed by atoms with Gasteiger partial charge in [-0.2, -0.15) is 0 Å². The first-order valence-corrected chi connectivity index (χ1v) is 8.06. The third-order valence-electron chi connectivity index (χ3n) is 4.77. The van der Waals surface area contributed by atoms with E-state index in [2.05, 4.69) is 10.6 Å². The number of carbonyl (C=O) groups excluding carboxylic acids is 1. The number of hydrogen-bond acceptors (Lipinski definition) is 3. The highest BCUT2D eigenvalue weighted by Crippen LogP contribution is 2.32. The number of nitrogens with one attached hydrogen (secondary N) is 2. The van der Waals surface area contributed by atoms with Crippen molar-refractivity contribution in [3.05, 3.63) is 35.6 Å². The molecule has 3 unspecified atom stereocenters. The van der Waals surface area contributed by atoms with Crippen molar-refractivity contribution < 1.29 is 14.3 Å². The van der Waals surface area contributed by atoms with Crippen molar-refractivity contribution in [2.45, 2.75) is 50.3 Å². The van der Waals surface area contributed by atoms with E-state index in [9.17, 15) is 14.3 Å². The lowest BCUT2D eigenvalue weighted by atomic mass is 9.89. The molecule has 5 heteroatoms. The van der Waals surface area contributed by atoms with Gasteiger partial charge in [0.1, 0.15) is 5.82 Å². The van der Waals surface area contributed by atoms with Gasteiger partial charge in [0.2, 0.25) is 5.91 Å². The molecule has 0 spiro atoms. The summed E-state index contributed by atoms with van der Waals surface area (Å²) in [5, 5.41) is 16.3. The third-order valence-corrected chi connectivity index (χ3v) is 4.77. The minimum Gasteiger partial charge on any atom is -0.387 e. The SMILES string of the molecule is O=C(CC1CC2CCC(C1)N2)NCC(O)c1cccc(F)c1. The van der Waals surface area contributed by atoms with Gasteiger partial charge in [-0.05, 0) is 49.3 Å². The van der Waals surface area contributed by atoms with Crippen LogP contribution in [0.2, 0.25) is 0 Å². The zero-order valence-electron chi connectivity index (χ0n) is 12.6. The Morgan fingerprint density at radius 1 is 1.36 bits per heavy atom. The van der Waals surface area contributed by atoms with Gasteiger partial charge in [-0.25, -0.2) is 4.39 Å². The number of piperidine rings is 1.